The van der Waals surface area contributed by atoms with Crippen molar-refractivity contribution in [3.05, 3.63) is 20.8 Å². The molecule has 0 amide bonds. The predicted octanol–water partition coefficient (Wildman–Crippen LogP) is 4.85. The highest BCUT2D eigenvalue weighted by atomic mass is 79.9. The van der Waals surface area contributed by atoms with E-state index < -0.39 is 0 Å². The Morgan fingerprint density at radius 3 is 2.75 bits per heavy atom. The molecule has 1 aromatic rings. The Morgan fingerprint density at radius 2 is 2.12 bits per heavy atom. The van der Waals surface area contributed by atoms with Crippen molar-refractivity contribution in [2.24, 2.45) is 11.8 Å². The molecule has 1 aromatic heterocycles. The largest absolute Gasteiger partial charge is 0.373 e. The summed E-state index contributed by atoms with van der Waals surface area (Å²) in [6, 6.07) is 4.23. The fourth-order valence-corrected chi connectivity index (χ4v) is 3.68. The van der Waals surface area contributed by atoms with Gasteiger partial charge >= 0.3 is 0 Å². The van der Waals surface area contributed by atoms with Crippen LogP contribution in [0.4, 0.5) is 0 Å². The zero-order chi connectivity index (χ0) is 11.5. The maximum absolute atomic E-state index is 5.99. The summed E-state index contributed by atoms with van der Waals surface area (Å²) in [6.45, 7) is 5.49. The molecule has 0 bridgehead atoms. The molecule has 1 fully saturated rings. The monoisotopic (exact) mass is 302 g/mol. The van der Waals surface area contributed by atoms with Crippen LogP contribution in [0.25, 0.3) is 0 Å². The van der Waals surface area contributed by atoms with Gasteiger partial charge in [0.25, 0.3) is 0 Å². The normalized spacial score (nSPS) is 30.6. The first-order chi connectivity index (χ1) is 7.65. The van der Waals surface area contributed by atoms with Gasteiger partial charge in [-0.1, -0.05) is 13.8 Å². The lowest BCUT2D eigenvalue weighted by atomic mass is 9.80. The lowest BCUT2D eigenvalue weighted by molar-refractivity contribution is -0.00633. The first-order valence-corrected chi connectivity index (χ1v) is 7.62. The van der Waals surface area contributed by atoms with E-state index in [4.69, 9.17) is 4.74 Å². The molecule has 0 N–H and O–H groups in total. The fraction of sp³-hybridized carbons (Fsp3) is 0.692. The highest BCUT2D eigenvalue weighted by Gasteiger charge is 2.24. The van der Waals surface area contributed by atoms with Crippen LogP contribution in [-0.2, 0) is 11.3 Å². The fourth-order valence-electron chi connectivity index (χ4n) is 2.28. The molecule has 90 valence electrons. The third kappa shape index (κ3) is 3.31. The molecule has 0 spiro atoms. The minimum Gasteiger partial charge on any atom is -0.373 e. The van der Waals surface area contributed by atoms with Crippen molar-refractivity contribution >= 4 is 27.3 Å². The van der Waals surface area contributed by atoms with Crippen LogP contribution in [0.5, 0.6) is 0 Å². The summed E-state index contributed by atoms with van der Waals surface area (Å²) >= 11 is 5.25. The second-order valence-corrected chi connectivity index (χ2v) is 7.45. The van der Waals surface area contributed by atoms with Crippen molar-refractivity contribution in [2.75, 3.05) is 0 Å². The molecule has 0 radical (unpaired) electrons. The van der Waals surface area contributed by atoms with Crippen molar-refractivity contribution in [3.63, 3.8) is 0 Å². The van der Waals surface area contributed by atoms with Gasteiger partial charge in [-0.3, -0.25) is 0 Å². The van der Waals surface area contributed by atoms with Crippen molar-refractivity contribution in [3.8, 4) is 0 Å². The SMILES string of the molecule is CC1CCC(OCc2ccc(Br)s2)CC1C. The molecule has 2 rings (SSSR count). The highest BCUT2D eigenvalue weighted by Crippen LogP contribution is 2.32. The molecule has 0 aromatic carbocycles. The van der Waals surface area contributed by atoms with E-state index in [0.29, 0.717) is 6.10 Å². The van der Waals surface area contributed by atoms with E-state index in [1.54, 1.807) is 11.3 Å². The van der Waals surface area contributed by atoms with Gasteiger partial charge in [0, 0.05) is 4.88 Å². The average Bonchev–Trinajstić information content (AvgIpc) is 2.66. The number of ether oxygens (including phenoxy) is 1. The lowest BCUT2D eigenvalue weighted by Crippen LogP contribution is -2.26. The van der Waals surface area contributed by atoms with Gasteiger partial charge in [-0.15, -0.1) is 11.3 Å². The van der Waals surface area contributed by atoms with Crippen LogP contribution in [-0.4, -0.2) is 6.10 Å². The summed E-state index contributed by atoms with van der Waals surface area (Å²) in [4.78, 5) is 1.32. The van der Waals surface area contributed by atoms with E-state index in [9.17, 15) is 0 Å². The van der Waals surface area contributed by atoms with Gasteiger partial charge in [0.15, 0.2) is 0 Å². The van der Waals surface area contributed by atoms with Crippen LogP contribution in [0.15, 0.2) is 15.9 Å². The van der Waals surface area contributed by atoms with E-state index in [1.165, 1.54) is 27.9 Å². The molecule has 1 aliphatic carbocycles. The summed E-state index contributed by atoms with van der Waals surface area (Å²) in [5, 5.41) is 0. The highest BCUT2D eigenvalue weighted by molar-refractivity contribution is 9.11. The first kappa shape index (κ1) is 12.6. The third-order valence-electron chi connectivity index (χ3n) is 3.64. The zero-order valence-corrected chi connectivity index (χ0v) is 12.3. The van der Waals surface area contributed by atoms with Crippen LogP contribution in [0.3, 0.4) is 0 Å². The van der Waals surface area contributed by atoms with E-state index in [2.05, 4.69) is 41.9 Å². The molecular weight excluding hydrogens is 284 g/mol. The Kier molecular flexibility index (Phi) is 4.45. The van der Waals surface area contributed by atoms with Crippen LogP contribution < -0.4 is 0 Å². The Balaban J connectivity index is 1.78. The van der Waals surface area contributed by atoms with Gasteiger partial charge in [0.05, 0.1) is 16.5 Å². The van der Waals surface area contributed by atoms with E-state index in [-0.39, 0.29) is 0 Å². The van der Waals surface area contributed by atoms with Crippen LogP contribution in [0.1, 0.15) is 38.0 Å². The molecule has 1 aliphatic rings. The number of thiophene rings is 1. The van der Waals surface area contributed by atoms with Gasteiger partial charge in [-0.05, 0) is 59.2 Å². The van der Waals surface area contributed by atoms with Crippen molar-refractivity contribution in [2.45, 2.75) is 45.8 Å². The van der Waals surface area contributed by atoms with Crippen LogP contribution in [0, 0.1) is 11.8 Å². The summed E-state index contributed by atoms with van der Waals surface area (Å²) in [6.07, 6.45) is 4.26. The van der Waals surface area contributed by atoms with Gasteiger partial charge < -0.3 is 4.74 Å². The van der Waals surface area contributed by atoms with Crippen molar-refractivity contribution < 1.29 is 4.74 Å². The van der Waals surface area contributed by atoms with E-state index in [1.807, 2.05) is 0 Å². The number of hydrogen-bond donors (Lipinski definition) is 0. The second kappa shape index (κ2) is 5.65. The Bertz CT molecular complexity index is 336. The standard InChI is InChI=1S/C13H19BrOS/c1-9-3-4-11(7-10(9)2)15-8-12-5-6-13(14)16-12/h5-6,9-11H,3-4,7-8H2,1-2H3. The van der Waals surface area contributed by atoms with Crippen molar-refractivity contribution in [1.82, 2.24) is 0 Å². The molecule has 3 heteroatoms. The van der Waals surface area contributed by atoms with Gasteiger partial charge in [0.1, 0.15) is 0 Å². The smallest absolute Gasteiger partial charge is 0.0813 e. The van der Waals surface area contributed by atoms with E-state index in [0.717, 1.165) is 18.4 Å². The Morgan fingerprint density at radius 1 is 1.31 bits per heavy atom. The predicted molar refractivity (Wildman–Crippen MR) is 72.8 cm³/mol. The lowest BCUT2D eigenvalue weighted by Gasteiger charge is -2.31. The maximum atomic E-state index is 5.99. The maximum Gasteiger partial charge on any atom is 0.0813 e. The summed E-state index contributed by atoms with van der Waals surface area (Å²) < 4.78 is 7.18. The summed E-state index contributed by atoms with van der Waals surface area (Å²) in [5.74, 6) is 1.68. The van der Waals surface area contributed by atoms with Crippen LogP contribution in [0.2, 0.25) is 0 Å². The molecule has 16 heavy (non-hydrogen) atoms. The zero-order valence-electron chi connectivity index (χ0n) is 9.91. The summed E-state index contributed by atoms with van der Waals surface area (Å²) in [7, 11) is 0. The molecule has 0 saturated heterocycles. The summed E-state index contributed by atoms with van der Waals surface area (Å²) in [5.41, 5.74) is 0. The van der Waals surface area contributed by atoms with Crippen molar-refractivity contribution in [1.29, 1.82) is 0 Å². The number of rotatable bonds is 3. The Hall–Kier alpha value is 0.140. The minimum absolute atomic E-state index is 0.479. The third-order valence-corrected chi connectivity index (χ3v) is 5.24. The second-order valence-electron chi connectivity index (χ2n) is 4.91. The number of halogens is 1. The molecule has 1 saturated carbocycles. The number of hydrogen-bond acceptors (Lipinski definition) is 2. The molecule has 0 aliphatic heterocycles. The molecular formula is C13H19BrOS. The average molecular weight is 303 g/mol. The van der Waals surface area contributed by atoms with Gasteiger partial charge in [0.2, 0.25) is 0 Å². The van der Waals surface area contributed by atoms with Crippen LogP contribution >= 0.6 is 27.3 Å². The first-order valence-electron chi connectivity index (χ1n) is 6.01. The quantitative estimate of drug-likeness (QED) is 0.775. The molecule has 3 unspecified atom stereocenters. The van der Waals surface area contributed by atoms with E-state index >= 15 is 0 Å². The van der Waals surface area contributed by atoms with Gasteiger partial charge in [-0.25, -0.2) is 0 Å². The topological polar surface area (TPSA) is 9.23 Å². The Labute approximate surface area is 110 Å². The molecule has 1 nitrogen and oxygen atoms in total. The van der Waals surface area contributed by atoms with Gasteiger partial charge in [-0.2, -0.15) is 0 Å². The minimum atomic E-state index is 0.479. The molecule has 3 atom stereocenters. The molecule has 1 heterocycles.